The summed E-state index contributed by atoms with van der Waals surface area (Å²) >= 11 is 0. The number of para-hydroxylation sites is 1. The van der Waals surface area contributed by atoms with E-state index >= 15 is 0 Å². The number of ketones is 1. The van der Waals surface area contributed by atoms with Crippen molar-refractivity contribution in [2.75, 3.05) is 0 Å². The second kappa shape index (κ2) is 19.1. The predicted octanol–water partition coefficient (Wildman–Crippen LogP) is 11.9. The minimum absolute atomic E-state index is 0. The number of rotatable bonds is 5. The molecule has 1 N–H and O–H groups in total. The van der Waals surface area contributed by atoms with E-state index in [0.717, 1.165) is 57.2 Å². The van der Waals surface area contributed by atoms with Crippen molar-refractivity contribution in [2.24, 2.45) is 0 Å². The Balaban J connectivity index is 0.000000137. The van der Waals surface area contributed by atoms with Crippen LogP contribution in [0, 0.1) is 6.92 Å². The third-order valence-corrected chi connectivity index (χ3v) is 10.7. The molecule has 0 aliphatic heterocycles. The van der Waals surface area contributed by atoms with Gasteiger partial charge in [0.1, 0.15) is 27.6 Å². The van der Waals surface area contributed by atoms with Crippen molar-refractivity contribution in [3.8, 4) is 17.1 Å². The first-order chi connectivity index (χ1) is 32.2. The van der Waals surface area contributed by atoms with Gasteiger partial charge in [-0.3, -0.25) is 14.7 Å². The molecule has 0 atom stereocenters. The van der Waals surface area contributed by atoms with Gasteiger partial charge in [0.15, 0.2) is 5.78 Å². The number of alkyl halides is 6. The van der Waals surface area contributed by atoms with E-state index in [1.807, 2.05) is 121 Å². The fourth-order valence-electron chi connectivity index (χ4n) is 7.47. The molecule has 0 saturated heterocycles. The summed E-state index contributed by atoms with van der Waals surface area (Å²) in [6, 6.07) is 51.5. The first kappa shape index (κ1) is 46.5. The van der Waals surface area contributed by atoms with E-state index in [-0.39, 0.29) is 48.0 Å². The quantitative estimate of drug-likeness (QED) is 0.136. The van der Waals surface area contributed by atoms with Crippen LogP contribution in [0.2, 0.25) is 0 Å². The molecule has 0 aliphatic rings. The van der Waals surface area contributed by atoms with Crippen molar-refractivity contribution in [2.45, 2.75) is 19.3 Å². The number of halogens is 6. The predicted molar refractivity (Wildman–Crippen MR) is 244 cm³/mol. The van der Waals surface area contributed by atoms with Crippen molar-refractivity contribution in [3.05, 3.63) is 220 Å². The summed E-state index contributed by atoms with van der Waals surface area (Å²) in [4.78, 5) is 27.8. The Bertz CT molecular complexity index is 3460. The first-order valence-corrected chi connectivity index (χ1v) is 20.5. The molecule has 3 heterocycles. The summed E-state index contributed by atoms with van der Waals surface area (Å²) in [6.07, 6.45) is -8.78. The van der Waals surface area contributed by atoms with Gasteiger partial charge in [0.2, 0.25) is 0 Å². The van der Waals surface area contributed by atoms with Gasteiger partial charge in [0.25, 0.3) is 5.56 Å². The van der Waals surface area contributed by atoms with Gasteiger partial charge in [0, 0.05) is 42.1 Å². The molecule has 0 amide bonds. The average Bonchev–Trinajstić information content (AvgIpc) is 4.05. The maximum atomic E-state index is 12.8. The molecule has 68 heavy (non-hydrogen) atoms. The zero-order chi connectivity index (χ0) is 46.9. The zero-order valence-corrected chi connectivity index (χ0v) is 37.8. The van der Waals surface area contributed by atoms with Crippen LogP contribution in [-0.2, 0) is 32.5 Å². The molecule has 0 aliphatic carbocycles. The largest absolute Gasteiger partial charge is 0.416 e. The minimum atomic E-state index is -4.39. The van der Waals surface area contributed by atoms with Crippen molar-refractivity contribution in [1.82, 2.24) is 39.8 Å². The molecule has 341 valence electrons. The smallest absolute Gasteiger partial charge is 0.295 e. The summed E-state index contributed by atoms with van der Waals surface area (Å²) in [6.45, 7) is 1.73. The Morgan fingerprint density at radius 2 is 0.912 bits per heavy atom. The van der Waals surface area contributed by atoms with Crippen LogP contribution >= 0.6 is 0 Å². The second-order valence-electron chi connectivity index (χ2n) is 15.2. The molecule has 0 unspecified atom stereocenters. The molecule has 0 saturated carbocycles. The fourth-order valence-corrected chi connectivity index (χ4v) is 7.47. The molecule has 17 heteroatoms. The van der Waals surface area contributed by atoms with Gasteiger partial charge in [-0.15, -0.1) is 30.0 Å². The molecule has 0 bridgehead atoms. The molecule has 0 spiro atoms. The fraction of sp³-hybridized carbons (Fsp3) is 0.0588. The van der Waals surface area contributed by atoms with E-state index in [4.69, 9.17) is 0 Å². The normalized spacial score (nSPS) is 11.5. The van der Waals surface area contributed by atoms with Crippen LogP contribution in [0.1, 0.15) is 32.7 Å². The summed E-state index contributed by atoms with van der Waals surface area (Å²) in [5.74, 6) is -0.260. The van der Waals surface area contributed by atoms with E-state index in [0.29, 0.717) is 28.0 Å². The van der Waals surface area contributed by atoms with Gasteiger partial charge >= 0.3 is 12.4 Å². The standard InChI is InChI=1S/2C17H10F3N3.C17H14N2O2.Ir/c2*18-17(19,20)12-8-9-14-15(10-12)22-23(21-14)16-7-3-5-11-4-1-2-6-13(11)16;1-12-15(16(20)13-8-4-2-5-9-13)17(21)19(18-12)14-10-6-3-7-11-14;/h2*1-10H;2-11,18H,1H3;. The third kappa shape index (κ3) is 9.61. The van der Waals surface area contributed by atoms with Crippen molar-refractivity contribution in [1.29, 1.82) is 0 Å². The number of aryl methyl sites for hydroxylation is 1. The number of carbonyl (C=O) groups excluding carboxylic acids is 1. The number of fused-ring (bicyclic) bond motifs is 4. The van der Waals surface area contributed by atoms with Crippen LogP contribution in [0.4, 0.5) is 26.3 Å². The summed E-state index contributed by atoms with van der Waals surface area (Å²) in [7, 11) is 0. The molecule has 11 aromatic rings. The van der Waals surface area contributed by atoms with E-state index < -0.39 is 23.5 Å². The monoisotopic (exact) mass is 1100 g/mol. The Kier molecular flexibility index (Phi) is 13.0. The topological polar surface area (TPSA) is 116 Å². The molecule has 3 aromatic heterocycles. The van der Waals surface area contributed by atoms with Crippen LogP contribution < -0.4 is 5.56 Å². The Labute approximate surface area is 395 Å². The maximum absolute atomic E-state index is 12.8. The Hall–Kier alpha value is -8.01. The van der Waals surface area contributed by atoms with E-state index in [1.54, 1.807) is 31.2 Å². The molecule has 1 radical (unpaired) electrons. The maximum Gasteiger partial charge on any atom is 0.416 e. The van der Waals surface area contributed by atoms with Gasteiger partial charge in [-0.2, -0.15) is 26.3 Å². The van der Waals surface area contributed by atoms with Gasteiger partial charge in [-0.1, -0.05) is 121 Å². The minimum Gasteiger partial charge on any atom is -0.295 e. The van der Waals surface area contributed by atoms with Gasteiger partial charge in [-0.25, -0.2) is 4.68 Å². The van der Waals surface area contributed by atoms with Gasteiger partial charge in [-0.05, 0) is 78.4 Å². The number of nitrogens with one attached hydrogen (secondary N) is 1. The van der Waals surface area contributed by atoms with E-state index in [9.17, 15) is 35.9 Å². The Morgan fingerprint density at radius 1 is 0.500 bits per heavy atom. The average molecular weight is 1100 g/mol. The molecular formula is C51H34F6IrN8O2. The number of H-pyrrole nitrogens is 1. The molecule has 0 fully saturated rings. The third-order valence-electron chi connectivity index (χ3n) is 10.7. The van der Waals surface area contributed by atoms with E-state index in [2.05, 4.69) is 25.5 Å². The van der Waals surface area contributed by atoms with Crippen LogP contribution in [0.25, 0.3) is 60.7 Å². The first-order valence-electron chi connectivity index (χ1n) is 20.5. The van der Waals surface area contributed by atoms with Crippen LogP contribution in [0.5, 0.6) is 0 Å². The molecule has 8 aromatic carbocycles. The van der Waals surface area contributed by atoms with Crippen LogP contribution in [0.15, 0.2) is 187 Å². The number of aromatic amines is 1. The molecule has 10 nitrogen and oxygen atoms in total. The van der Waals surface area contributed by atoms with Crippen molar-refractivity contribution in [3.63, 3.8) is 0 Å². The van der Waals surface area contributed by atoms with Crippen molar-refractivity contribution < 1.29 is 51.2 Å². The van der Waals surface area contributed by atoms with Gasteiger partial charge in [0.05, 0.1) is 28.2 Å². The van der Waals surface area contributed by atoms with Crippen LogP contribution in [-0.4, -0.2) is 45.6 Å². The number of aromatic nitrogens is 8. The summed E-state index contributed by atoms with van der Waals surface area (Å²) in [5.41, 5.74) is 2.92. The molecular weight excluding hydrogens is 1060 g/mol. The number of nitrogens with zero attached hydrogens (tertiary/aromatic N) is 7. The SMILES string of the molecule is Cc1[nH]n(-c2ccccc2)c(=O)c1C(=O)c1ccccc1.FC(F)(F)c1ccc2nn(-c3cccc4ccccc34)nc2c1.FC(F)(F)c1ccc2nn(-c3cccc4ccccc34)nc2c1.[Ir]. The molecule has 11 rings (SSSR count). The summed E-state index contributed by atoms with van der Waals surface area (Å²) in [5, 5.41) is 23.9. The number of carbonyl (C=O) groups is 1. The zero-order valence-electron chi connectivity index (χ0n) is 35.4. The van der Waals surface area contributed by atoms with Gasteiger partial charge < -0.3 is 0 Å². The van der Waals surface area contributed by atoms with Crippen molar-refractivity contribution >= 4 is 49.4 Å². The van der Waals surface area contributed by atoms with Crippen LogP contribution in [0.3, 0.4) is 0 Å². The Morgan fingerprint density at radius 3 is 1.38 bits per heavy atom. The van der Waals surface area contributed by atoms with E-state index in [1.165, 1.54) is 26.4 Å². The summed E-state index contributed by atoms with van der Waals surface area (Å²) < 4.78 is 78.2. The number of benzene rings is 8. The number of hydrogen-bond donors (Lipinski definition) is 1. The number of hydrogen-bond acceptors (Lipinski definition) is 6. The second-order valence-corrected chi connectivity index (χ2v) is 15.2.